The normalized spacial score (nSPS) is 12.9. The molecule has 0 aliphatic heterocycles. The molecule has 4 N–H and O–H groups in total. The molecule has 1 atom stereocenters. The van der Waals surface area contributed by atoms with Gasteiger partial charge in [-0.1, -0.05) is 0 Å². The molecule has 5 heteroatoms. The molecule has 0 radical (unpaired) electrons. The molecule has 96 valence electrons. The summed E-state index contributed by atoms with van der Waals surface area (Å²) in [6.45, 7) is -0.0775. The second kappa shape index (κ2) is 5.39. The van der Waals surface area contributed by atoms with Crippen molar-refractivity contribution in [2.75, 3.05) is 6.61 Å². The van der Waals surface area contributed by atoms with Crippen molar-refractivity contribution in [2.24, 2.45) is 5.73 Å². The molecule has 0 amide bonds. The number of fused-ring (bicyclic) bond motifs is 1. The number of nitrogens with zero attached hydrogens (tertiary/aromatic N) is 1. The summed E-state index contributed by atoms with van der Waals surface area (Å²) in [5, 5.41) is 20.1. The fraction of sp³-hybridized carbons (Fsp3) is 0.308. The van der Waals surface area contributed by atoms with Crippen LogP contribution in [0, 0.1) is 5.82 Å². The van der Waals surface area contributed by atoms with Crippen molar-refractivity contribution in [3.05, 3.63) is 41.5 Å². The first-order chi connectivity index (χ1) is 8.69. The highest BCUT2D eigenvalue weighted by atomic mass is 19.1. The van der Waals surface area contributed by atoms with E-state index in [-0.39, 0.29) is 19.6 Å². The Morgan fingerprint density at radius 3 is 2.83 bits per heavy atom. The average Bonchev–Trinajstić information content (AvgIpc) is 2.38. The van der Waals surface area contributed by atoms with Gasteiger partial charge in [0.2, 0.25) is 0 Å². The second-order valence-electron chi connectivity index (χ2n) is 4.08. The quantitative estimate of drug-likeness (QED) is 0.763. The average molecular weight is 250 g/mol. The molecular weight excluding hydrogens is 235 g/mol. The maximum Gasteiger partial charge on any atom is 0.128 e. The number of halogens is 1. The lowest BCUT2D eigenvalue weighted by Gasteiger charge is -2.15. The van der Waals surface area contributed by atoms with E-state index in [0.717, 1.165) is 0 Å². The Labute approximate surface area is 104 Å². The van der Waals surface area contributed by atoms with E-state index < -0.39 is 11.9 Å². The number of aliphatic hydroxyl groups is 2. The molecule has 0 aliphatic carbocycles. The molecule has 18 heavy (non-hydrogen) atoms. The van der Waals surface area contributed by atoms with E-state index in [0.29, 0.717) is 21.9 Å². The second-order valence-corrected chi connectivity index (χ2v) is 4.08. The highest BCUT2D eigenvalue weighted by molar-refractivity contribution is 5.88. The fourth-order valence-electron chi connectivity index (χ4n) is 2.08. The van der Waals surface area contributed by atoms with Crippen LogP contribution in [0.1, 0.15) is 23.7 Å². The third-order valence-corrected chi connectivity index (χ3v) is 2.99. The van der Waals surface area contributed by atoms with Gasteiger partial charge in [0.15, 0.2) is 0 Å². The van der Waals surface area contributed by atoms with Gasteiger partial charge >= 0.3 is 0 Å². The van der Waals surface area contributed by atoms with E-state index in [9.17, 15) is 9.50 Å². The summed E-state index contributed by atoms with van der Waals surface area (Å²) < 4.78 is 13.9. The first-order valence-electron chi connectivity index (χ1n) is 5.73. The molecular formula is C13H15FN2O2. The predicted molar refractivity (Wildman–Crippen MR) is 66.3 cm³/mol. The Morgan fingerprint density at radius 2 is 2.17 bits per heavy atom. The fourth-order valence-corrected chi connectivity index (χ4v) is 2.08. The molecule has 0 bridgehead atoms. The van der Waals surface area contributed by atoms with Crippen LogP contribution in [0.3, 0.4) is 0 Å². The van der Waals surface area contributed by atoms with Crippen LogP contribution >= 0.6 is 0 Å². The Bertz CT molecular complexity index is 560. The van der Waals surface area contributed by atoms with E-state index in [1.165, 1.54) is 6.07 Å². The number of aliphatic hydroxyl groups excluding tert-OH is 2. The van der Waals surface area contributed by atoms with E-state index in [2.05, 4.69) is 4.98 Å². The molecule has 1 unspecified atom stereocenters. The largest absolute Gasteiger partial charge is 0.396 e. The van der Waals surface area contributed by atoms with Crippen molar-refractivity contribution >= 4 is 10.8 Å². The summed E-state index contributed by atoms with van der Waals surface area (Å²) in [6.07, 6.45) is 2.38. The number of nitrogens with two attached hydrogens (primary N) is 1. The third kappa shape index (κ3) is 2.20. The summed E-state index contributed by atoms with van der Waals surface area (Å²) in [7, 11) is 0. The van der Waals surface area contributed by atoms with E-state index in [1.807, 2.05) is 0 Å². The van der Waals surface area contributed by atoms with Crippen LogP contribution in [0.25, 0.3) is 10.8 Å². The Kier molecular flexibility index (Phi) is 3.86. The van der Waals surface area contributed by atoms with Gasteiger partial charge in [0.25, 0.3) is 0 Å². The maximum atomic E-state index is 13.9. The lowest BCUT2D eigenvalue weighted by molar-refractivity contribution is 0.135. The monoisotopic (exact) mass is 250 g/mol. The van der Waals surface area contributed by atoms with Gasteiger partial charge < -0.3 is 15.9 Å². The lowest BCUT2D eigenvalue weighted by Crippen LogP contribution is -2.06. The van der Waals surface area contributed by atoms with Crippen LogP contribution in [0.4, 0.5) is 4.39 Å². The highest BCUT2D eigenvalue weighted by Crippen LogP contribution is 2.29. The molecule has 0 spiro atoms. The smallest absolute Gasteiger partial charge is 0.128 e. The van der Waals surface area contributed by atoms with Crippen molar-refractivity contribution in [1.29, 1.82) is 0 Å². The summed E-state index contributed by atoms with van der Waals surface area (Å²) in [6, 6.07) is 2.95. The van der Waals surface area contributed by atoms with Crippen LogP contribution in [-0.4, -0.2) is 21.8 Å². The summed E-state index contributed by atoms with van der Waals surface area (Å²) in [5.41, 5.74) is 6.38. The van der Waals surface area contributed by atoms with Gasteiger partial charge in [-0.25, -0.2) is 4.39 Å². The van der Waals surface area contributed by atoms with Crippen molar-refractivity contribution < 1.29 is 14.6 Å². The standard InChI is InChI=1S/C13H15FN2O2/c14-12-5-9(13(18)2-4-17)11-7-16-3-1-8(11)10(12)6-15/h1,3,5,7,13,17-18H,2,4,6,15H2. The van der Waals surface area contributed by atoms with Gasteiger partial charge in [0.1, 0.15) is 5.82 Å². The minimum absolute atomic E-state index is 0.0860. The molecule has 0 fully saturated rings. The van der Waals surface area contributed by atoms with Crippen molar-refractivity contribution in [1.82, 2.24) is 4.98 Å². The molecule has 0 aliphatic rings. The van der Waals surface area contributed by atoms with E-state index in [1.54, 1.807) is 18.5 Å². The number of aromatic nitrogens is 1. The van der Waals surface area contributed by atoms with E-state index in [4.69, 9.17) is 10.8 Å². The van der Waals surface area contributed by atoms with Gasteiger partial charge in [0.05, 0.1) is 6.10 Å². The van der Waals surface area contributed by atoms with Crippen LogP contribution in [-0.2, 0) is 6.54 Å². The van der Waals surface area contributed by atoms with Gasteiger partial charge in [-0.3, -0.25) is 4.98 Å². The molecule has 0 saturated carbocycles. The Balaban J connectivity index is 2.68. The number of benzene rings is 1. The zero-order valence-electron chi connectivity index (χ0n) is 9.81. The van der Waals surface area contributed by atoms with Gasteiger partial charge in [-0.05, 0) is 23.1 Å². The molecule has 1 aromatic heterocycles. The van der Waals surface area contributed by atoms with Crippen LogP contribution < -0.4 is 5.73 Å². The molecule has 2 rings (SSSR count). The minimum Gasteiger partial charge on any atom is -0.396 e. The van der Waals surface area contributed by atoms with Crippen molar-refractivity contribution in [3.8, 4) is 0 Å². The molecule has 1 heterocycles. The topological polar surface area (TPSA) is 79.4 Å². The summed E-state index contributed by atoms with van der Waals surface area (Å²) in [5.74, 6) is -0.441. The first kappa shape index (κ1) is 12.9. The molecule has 4 nitrogen and oxygen atoms in total. The lowest BCUT2D eigenvalue weighted by atomic mass is 9.96. The molecule has 0 saturated heterocycles. The predicted octanol–water partition coefficient (Wildman–Crippen LogP) is 1.25. The number of hydrogen-bond acceptors (Lipinski definition) is 4. The number of pyridine rings is 1. The van der Waals surface area contributed by atoms with Crippen LogP contribution in [0.2, 0.25) is 0 Å². The first-order valence-corrected chi connectivity index (χ1v) is 5.73. The van der Waals surface area contributed by atoms with Crippen LogP contribution in [0.5, 0.6) is 0 Å². The summed E-state index contributed by atoms with van der Waals surface area (Å²) >= 11 is 0. The highest BCUT2D eigenvalue weighted by Gasteiger charge is 2.16. The van der Waals surface area contributed by atoms with E-state index >= 15 is 0 Å². The maximum absolute atomic E-state index is 13.9. The summed E-state index contributed by atoms with van der Waals surface area (Å²) in [4.78, 5) is 3.98. The van der Waals surface area contributed by atoms with Crippen LogP contribution in [0.15, 0.2) is 24.5 Å². The van der Waals surface area contributed by atoms with Crippen molar-refractivity contribution in [3.63, 3.8) is 0 Å². The SMILES string of the molecule is NCc1c(F)cc(C(O)CCO)c2cnccc12. The Hall–Kier alpha value is -1.56. The van der Waals surface area contributed by atoms with Crippen molar-refractivity contribution in [2.45, 2.75) is 19.1 Å². The van der Waals surface area contributed by atoms with Gasteiger partial charge in [0, 0.05) is 42.9 Å². The molecule has 2 aromatic rings. The van der Waals surface area contributed by atoms with Gasteiger partial charge in [-0.15, -0.1) is 0 Å². The zero-order valence-corrected chi connectivity index (χ0v) is 9.81. The minimum atomic E-state index is -0.914. The van der Waals surface area contributed by atoms with Gasteiger partial charge in [-0.2, -0.15) is 0 Å². The Morgan fingerprint density at radius 1 is 1.39 bits per heavy atom. The zero-order chi connectivity index (χ0) is 13.1. The number of rotatable bonds is 4. The number of hydrogen-bond donors (Lipinski definition) is 3. The third-order valence-electron chi connectivity index (χ3n) is 2.99. The molecule has 1 aromatic carbocycles.